The fraction of sp³-hybridized carbons (Fsp3) is 0.133. The fourth-order valence-corrected chi connectivity index (χ4v) is 1.65. The van der Waals surface area contributed by atoms with Gasteiger partial charge in [0, 0.05) is 5.69 Å². The molecule has 0 heterocycles. The lowest BCUT2D eigenvalue weighted by molar-refractivity contribution is -0.118. The van der Waals surface area contributed by atoms with Crippen LogP contribution in [0.3, 0.4) is 0 Å². The molecule has 2 aromatic carbocycles. The van der Waals surface area contributed by atoms with E-state index in [1.54, 1.807) is 43.5 Å². The lowest BCUT2D eigenvalue weighted by atomic mass is 10.3. The van der Waals surface area contributed by atoms with E-state index in [0.29, 0.717) is 22.9 Å². The number of nitrogens with one attached hydrogen (secondary N) is 1. The van der Waals surface area contributed by atoms with E-state index in [2.05, 4.69) is 5.32 Å². The summed E-state index contributed by atoms with van der Waals surface area (Å²) in [6, 6.07) is 14.0. The summed E-state index contributed by atoms with van der Waals surface area (Å²) in [5.74, 6) is 0.939. The Hall–Kier alpha value is -2.69. The molecule has 0 saturated heterocycles. The Balaban J connectivity index is 1.91. The number of nitrogen functional groups attached to an aromatic ring is 1. The van der Waals surface area contributed by atoms with E-state index >= 15 is 0 Å². The minimum Gasteiger partial charge on any atom is -0.495 e. The van der Waals surface area contributed by atoms with Gasteiger partial charge >= 0.3 is 0 Å². The normalized spacial score (nSPS) is 9.85. The van der Waals surface area contributed by atoms with Crippen LogP contribution in [0.25, 0.3) is 0 Å². The first-order chi connectivity index (χ1) is 9.69. The van der Waals surface area contributed by atoms with E-state index in [0.717, 1.165) is 0 Å². The molecule has 5 nitrogen and oxygen atoms in total. The van der Waals surface area contributed by atoms with Crippen molar-refractivity contribution in [3.05, 3.63) is 48.5 Å². The minimum absolute atomic E-state index is 0.0814. The molecular weight excluding hydrogens is 256 g/mol. The summed E-state index contributed by atoms with van der Waals surface area (Å²) in [4.78, 5) is 11.8. The quantitative estimate of drug-likeness (QED) is 0.819. The fourth-order valence-electron chi connectivity index (χ4n) is 1.65. The van der Waals surface area contributed by atoms with E-state index in [4.69, 9.17) is 15.2 Å². The first-order valence-electron chi connectivity index (χ1n) is 6.10. The van der Waals surface area contributed by atoms with Crippen molar-refractivity contribution in [2.45, 2.75) is 0 Å². The highest BCUT2D eigenvalue weighted by Gasteiger charge is 2.07. The highest BCUT2D eigenvalue weighted by Crippen LogP contribution is 2.22. The van der Waals surface area contributed by atoms with E-state index in [9.17, 15) is 4.79 Å². The summed E-state index contributed by atoms with van der Waals surface area (Å²) in [6.45, 7) is -0.0814. The van der Waals surface area contributed by atoms with Crippen LogP contribution in [0.15, 0.2) is 48.5 Å². The summed E-state index contributed by atoms with van der Waals surface area (Å²) in [6.07, 6.45) is 0. The predicted octanol–water partition coefficient (Wildman–Crippen LogP) is 2.29. The van der Waals surface area contributed by atoms with E-state index in [-0.39, 0.29) is 12.5 Å². The number of amides is 1. The second kappa shape index (κ2) is 6.47. The molecule has 1 amide bonds. The van der Waals surface area contributed by atoms with Crippen LogP contribution in [0.4, 0.5) is 11.4 Å². The van der Waals surface area contributed by atoms with Crippen molar-refractivity contribution in [1.82, 2.24) is 0 Å². The Morgan fingerprint density at radius 2 is 1.85 bits per heavy atom. The van der Waals surface area contributed by atoms with Crippen LogP contribution in [-0.4, -0.2) is 19.6 Å². The van der Waals surface area contributed by atoms with Gasteiger partial charge in [0.1, 0.15) is 11.5 Å². The predicted molar refractivity (Wildman–Crippen MR) is 78.0 cm³/mol. The number of anilines is 2. The zero-order valence-corrected chi connectivity index (χ0v) is 11.1. The molecule has 2 rings (SSSR count). The van der Waals surface area contributed by atoms with E-state index < -0.39 is 0 Å². The molecule has 0 unspecified atom stereocenters. The molecule has 0 fully saturated rings. The average Bonchev–Trinajstić information content (AvgIpc) is 2.47. The average molecular weight is 272 g/mol. The number of carbonyl (C=O) groups is 1. The maximum absolute atomic E-state index is 11.8. The molecule has 0 spiro atoms. The van der Waals surface area contributed by atoms with Gasteiger partial charge in [-0.05, 0) is 36.4 Å². The second-order valence-corrected chi connectivity index (χ2v) is 4.11. The number of hydrogen-bond donors (Lipinski definition) is 2. The molecular formula is C15H16N2O3. The first-order valence-corrected chi connectivity index (χ1v) is 6.10. The van der Waals surface area contributed by atoms with Gasteiger partial charge in [-0.2, -0.15) is 0 Å². The van der Waals surface area contributed by atoms with Gasteiger partial charge in [0.2, 0.25) is 0 Å². The number of carbonyl (C=O) groups excluding carboxylic acids is 1. The van der Waals surface area contributed by atoms with Crippen LogP contribution in [0.5, 0.6) is 11.5 Å². The molecule has 0 bridgehead atoms. The number of ether oxygens (including phenoxy) is 2. The van der Waals surface area contributed by atoms with Crippen molar-refractivity contribution in [2.24, 2.45) is 0 Å². The molecule has 5 heteroatoms. The maximum atomic E-state index is 11.8. The number of hydrogen-bond acceptors (Lipinski definition) is 4. The van der Waals surface area contributed by atoms with Crippen molar-refractivity contribution < 1.29 is 14.3 Å². The standard InChI is InChI=1S/C15H16N2O3/c1-19-14-5-3-2-4-13(14)17-15(18)10-20-12-8-6-11(16)7-9-12/h2-9H,10,16H2,1H3,(H,17,18). The summed E-state index contributed by atoms with van der Waals surface area (Å²) in [5.41, 5.74) is 6.83. The summed E-state index contributed by atoms with van der Waals surface area (Å²) < 4.78 is 10.5. The first kappa shape index (κ1) is 13.7. The molecule has 3 N–H and O–H groups in total. The molecule has 0 aliphatic rings. The van der Waals surface area contributed by atoms with Gasteiger partial charge in [-0.25, -0.2) is 0 Å². The van der Waals surface area contributed by atoms with Gasteiger partial charge < -0.3 is 20.5 Å². The SMILES string of the molecule is COc1ccccc1NC(=O)COc1ccc(N)cc1. The van der Waals surface area contributed by atoms with E-state index in [1.807, 2.05) is 12.1 Å². The van der Waals surface area contributed by atoms with Crippen LogP contribution >= 0.6 is 0 Å². The van der Waals surface area contributed by atoms with Crippen LogP contribution in [0, 0.1) is 0 Å². The topological polar surface area (TPSA) is 73.6 Å². The summed E-state index contributed by atoms with van der Waals surface area (Å²) in [5, 5.41) is 2.73. The Labute approximate surface area is 117 Å². The zero-order valence-electron chi connectivity index (χ0n) is 11.1. The molecule has 0 radical (unpaired) electrons. The van der Waals surface area contributed by atoms with Gasteiger partial charge in [-0.15, -0.1) is 0 Å². The van der Waals surface area contributed by atoms with Crippen LogP contribution in [0.1, 0.15) is 0 Å². The van der Waals surface area contributed by atoms with Gasteiger partial charge in [-0.3, -0.25) is 4.79 Å². The minimum atomic E-state index is -0.258. The van der Waals surface area contributed by atoms with Gasteiger partial charge in [0.05, 0.1) is 12.8 Å². The van der Waals surface area contributed by atoms with Gasteiger partial charge in [-0.1, -0.05) is 12.1 Å². The second-order valence-electron chi connectivity index (χ2n) is 4.11. The third kappa shape index (κ3) is 3.65. The van der Waals surface area contributed by atoms with Crippen LogP contribution < -0.4 is 20.5 Å². The number of rotatable bonds is 5. The lowest BCUT2D eigenvalue weighted by Crippen LogP contribution is -2.20. The number of nitrogens with two attached hydrogens (primary N) is 1. The van der Waals surface area contributed by atoms with Crippen molar-refractivity contribution in [2.75, 3.05) is 24.8 Å². The molecule has 0 aromatic heterocycles. The third-order valence-electron chi connectivity index (χ3n) is 2.63. The van der Waals surface area contributed by atoms with E-state index in [1.165, 1.54) is 0 Å². The van der Waals surface area contributed by atoms with Gasteiger partial charge in [0.15, 0.2) is 6.61 Å². The molecule has 104 valence electrons. The molecule has 0 aliphatic heterocycles. The van der Waals surface area contributed by atoms with Crippen molar-refractivity contribution in [3.63, 3.8) is 0 Å². The number of benzene rings is 2. The molecule has 0 saturated carbocycles. The monoisotopic (exact) mass is 272 g/mol. The Morgan fingerprint density at radius 3 is 2.55 bits per heavy atom. The number of para-hydroxylation sites is 2. The zero-order chi connectivity index (χ0) is 14.4. The van der Waals surface area contributed by atoms with Crippen molar-refractivity contribution in [3.8, 4) is 11.5 Å². The molecule has 0 atom stereocenters. The highest BCUT2D eigenvalue weighted by molar-refractivity contribution is 5.93. The summed E-state index contributed by atoms with van der Waals surface area (Å²) >= 11 is 0. The molecule has 0 aliphatic carbocycles. The van der Waals surface area contributed by atoms with Gasteiger partial charge in [0.25, 0.3) is 5.91 Å². The lowest BCUT2D eigenvalue weighted by Gasteiger charge is -2.10. The van der Waals surface area contributed by atoms with Crippen molar-refractivity contribution >= 4 is 17.3 Å². The largest absolute Gasteiger partial charge is 0.495 e. The van der Waals surface area contributed by atoms with Crippen molar-refractivity contribution in [1.29, 1.82) is 0 Å². The smallest absolute Gasteiger partial charge is 0.262 e. The van der Waals surface area contributed by atoms with Crippen LogP contribution in [0.2, 0.25) is 0 Å². The molecule has 20 heavy (non-hydrogen) atoms. The Kier molecular flexibility index (Phi) is 4.44. The Bertz CT molecular complexity index is 582. The van der Waals surface area contributed by atoms with Crippen LogP contribution in [-0.2, 0) is 4.79 Å². The maximum Gasteiger partial charge on any atom is 0.262 e. The highest BCUT2D eigenvalue weighted by atomic mass is 16.5. The summed E-state index contributed by atoms with van der Waals surface area (Å²) in [7, 11) is 1.55. The Morgan fingerprint density at radius 1 is 1.15 bits per heavy atom. The third-order valence-corrected chi connectivity index (χ3v) is 2.63. The number of methoxy groups -OCH3 is 1. The molecule has 2 aromatic rings.